The van der Waals surface area contributed by atoms with Crippen molar-refractivity contribution in [3.8, 4) is 0 Å². The van der Waals surface area contributed by atoms with Crippen LogP contribution in [0.2, 0.25) is 0 Å². The molecule has 32 valence electrons. The third-order valence-electron chi connectivity index (χ3n) is 0. The van der Waals surface area contributed by atoms with E-state index in [0.717, 1.165) is 0 Å². The van der Waals surface area contributed by atoms with E-state index in [-0.39, 0.29) is 18.9 Å². The van der Waals surface area contributed by atoms with Crippen LogP contribution < -0.4 is 18.9 Å². The van der Waals surface area contributed by atoms with Crippen molar-refractivity contribution < 1.29 is 52.1 Å². The Morgan fingerprint density at radius 2 is 0.833 bits per heavy atom. The van der Waals surface area contributed by atoms with Crippen LogP contribution in [0.1, 0.15) is 0 Å². The Bertz CT molecular complexity index is 23.0. The first-order valence-electron chi connectivity index (χ1n) is 0.756. The Balaban J connectivity index is 0. The van der Waals surface area contributed by atoms with Gasteiger partial charge in [-0.05, 0) is 0 Å². The van der Waals surface area contributed by atoms with Gasteiger partial charge in [-0.3, -0.25) is 0 Å². The van der Waals surface area contributed by atoms with Crippen molar-refractivity contribution >= 4 is 0 Å². The van der Waals surface area contributed by atoms with Crippen LogP contribution in [0, 0.1) is 0 Å². The molecule has 0 spiro atoms. The second-order valence-electron chi connectivity index (χ2n) is 0.429. The van der Waals surface area contributed by atoms with Crippen molar-refractivity contribution in [2.24, 2.45) is 0 Å². The molecule has 0 nitrogen and oxygen atoms in total. The molecule has 6 heavy (non-hydrogen) atoms. The van der Waals surface area contributed by atoms with Gasteiger partial charge in [-0.15, -0.1) is 0 Å². The second-order valence-corrected chi connectivity index (χ2v) is 2.54. The summed E-state index contributed by atoms with van der Waals surface area (Å²) >= 11 is -7.18. The minimum Gasteiger partial charge on any atom is 1.00 e. The Labute approximate surface area is 52.0 Å². The van der Waals surface area contributed by atoms with Crippen molar-refractivity contribution in [3.63, 3.8) is 0 Å². The minimum atomic E-state index is -7.18. The molecule has 0 heterocycles. The predicted octanol–water partition coefficient (Wildman–Crippen LogP) is -1.32. The summed E-state index contributed by atoms with van der Waals surface area (Å²) in [4.78, 5) is 0. The number of hydrogen-bond donors (Lipinski definition) is 0. The zero-order valence-electron chi connectivity index (χ0n) is 3.01. The van der Waals surface area contributed by atoms with Crippen molar-refractivity contribution in [1.82, 2.24) is 0 Å². The molecule has 0 amide bonds. The molecular weight excluding hydrogens is 174 g/mol. The van der Waals surface area contributed by atoms with Crippen LogP contribution in [0.3, 0.4) is 0 Å². The van der Waals surface area contributed by atoms with Gasteiger partial charge in [-0.25, -0.2) is 0 Å². The van der Waals surface area contributed by atoms with E-state index in [1.165, 1.54) is 0 Å². The van der Waals surface area contributed by atoms with E-state index >= 15 is 0 Å². The molecule has 0 bridgehead atoms. The third kappa shape index (κ3) is 63.7. The first kappa shape index (κ1) is 10.2. The molecule has 0 atom stereocenters. The van der Waals surface area contributed by atoms with Gasteiger partial charge in [0.05, 0.1) is 0 Å². The SMILES string of the molecule is [F][Zr]([F])([F])[F].[Li+]. The van der Waals surface area contributed by atoms with E-state index in [1.54, 1.807) is 0 Å². The van der Waals surface area contributed by atoms with Crippen LogP contribution >= 0.6 is 0 Å². The molecule has 0 aliphatic rings. The van der Waals surface area contributed by atoms with Crippen molar-refractivity contribution in [2.75, 3.05) is 0 Å². The van der Waals surface area contributed by atoms with Gasteiger partial charge in [-0.2, -0.15) is 0 Å². The summed E-state index contributed by atoms with van der Waals surface area (Å²) in [5.74, 6) is 0. The maximum atomic E-state index is 9.90. The molecule has 0 fully saturated rings. The smallest absolute Gasteiger partial charge is 1.00 e. The van der Waals surface area contributed by atoms with Gasteiger partial charge in [0.25, 0.3) is 0 Å². The summed E-state index contributed by atoms with van der Waals surface area (Å²) < 4.78 is 39.6. The van der Waals surface area contributed by atoms with Crippen LogP contribution in [-0.2, 0) is 22.7 Å². The molecule has 0 unspecified atom stereocenters. The van der Waals surface area contributed by atoms with Crippen molar-refractivity contribution in [1.29, 1.82) is 0 Å². The fourth-order valence-corrected chi connectivity index (χ4v) is 0. The maximum Gasteiger partial charge on any atom is 1.00 e. The van der Waals surface area contributed by atoms with Crippen LogP contribution in [-0.4, -0.2) is 0 Å². The predicted molar refractivity (Wildman–Crippen MR) is 4.43 cm³/mol. The first-order valence-corrected chi connectivity index (χ1v) is 4.47. The van der Waals surface area contributed by atoms with Gasteiger partial charge in [0.15, 0.2) is 0 Å². The molecule has 0 aliphatic heterocycles. The first-order chi connectivity index (χ1) is 2.00. The second kappa shape index (κ2) is 3.23. The van der Waals surface area contributed by atoms with Gasteiger partial charge in [0.2, 0.25) is 0 Å². The standard InChI is InChI=1S/4FH.Li.Zr/h4*1H;;/q;;;;+1;+4/p-4. The molecule has 0 saturated carbocycles. The molecule has 6 heteroatoms. The van der Waals surface area contributed by atoms with E-state index in [4.69, 9.17) is 0 Å². The summed E-state index contributed by atoms with van der Waals surface area (Å²) in [5.41, 5.74) is 0. The van der Waals surface area contributed by atoms with E-state index < -0.39 is 22.7 Å². The summed E-state index contributed by atoms with van der Waals surface area (Å²) in [6.45, 7) is 0. The monoisotopic (exact) mass is 173 g/mol. The van der Waals surface area contributed by atoms with Gasteiger partial charge < -0.3 is 0 Å². The average molecular weight is 174 g/mol. The summed E-state index contributed by atoms with van der Waals surface area (Å²) in [6, 6.07) is 0. The minimum absolute atomic E-state index is 0. The maximum absolute atomic E-state index is 9.90. The molecule has 0 radical (unpaired) electrons. The zero-order chi connectivity index (χ0) is 4.50. The van der Waals surface area contributed by atoms with Crippen LogP contribution in [0.4, 0.5) is 10.5 Å². The van der Waals surface area contributed by atoms with E-state index in [2.05, 4.69) is 0 Å². The van der Waals surface area contributed by atoms with E-state index in [0.29, 0.717) is 0 Å². The third-order valence-corrected chi connectivity index (χ3v) is 0. The van der Waals surface area contributed by atoms with Gasteiger partial charge in [-0.1, -0.05) is 0 Å². The van der Waals surface area contributed by atoms with Gasteiger partial charge in [0.1, 0.15) is 0 Å². The number of rotatable bonds is 0. The molecule has 0 aromatic heterocycles. The molecule has 0 aliphatic carbocycles. The van der Waals surface area contributed by atoms with Gasteiger partial charge >= 0.3 is 52.1 Å². The average Bonchev–Trinajstić information content (AvgIpc) is 0.722. The quantitative estimate of drug-likeness (QED) is 0.316. The normalized spacial score (nSPS) is 10.0. The Hall–Kier alpha value is 1.20. The topological polar surface area (TPSA) is 0 Å². The largest absolute Gasteiger partial charge is 1.00 e. The molecule has 0 saturated heterocycles. The van der Waals surface area contributed by atoms with E-state index in [9.17, 15) is 10.5 Å². The summed E-state index contributed by atoms with van der Waals surface area (Å²) in [6.07, 6.45) is 0. The molecular formula is F4LiZr+. The Morgan fingerprint density at radius 3 is 0.833 bits per heavy atom. The Morgan fingerprint density at radius 1 is 0.833 bits per heavy atom. The van der Waals surface area contributed by atoms with Crippen molar-refractivity contribution in [2.45, 2.75) is 0 Å². The fraction of sp³-hybridized carbons (Fsp3) is 0. The van der Waals surface area contributed by atoms with Crippen molar-refractivity contribution in [3.05, 3.63) is 0 Å². The summed E-state index contributed by atoms with van der Waals surface area (Å²) in [5, 5.41) is 0. The Kier molecular flexibility index (Phi) is 5.52. The van der Waals surface area contributed by atoms with E-state index in [1.807, 2.05) is 0 Å². The molecule has 0 aromatic carbocycles. The molecule has 0 rings (SSSR count). The number of hydrogen-bond acceptors (Lipinski definition) is 0. The van der Waals surface area contributed by atoms with Gasteiger partial charge in [0, 0.05) is 0 Å². The van der Waals surface area contributed by atoms with Crippen LogP contribution in [0.15, 0.2) is 0 Å². The molecule has 0 aromatic rings. The summed E-state index contributed by atoms with van der Waals surface area (Å²) in [7, 11) is 0. The van der Waals surface area contributed by atoms with Crippen LogP contribution in [0.5, 0.6) is 0 Å². The zero-order valence-corrected chi connectivity index (χ0v) is 5.47. The fourth-order valence-electron chi connectivity index (χ4n) is 0. The molecule has 0 N–H and O–H groups in total. The number of halogens is 4. The van der Waals surface area contributed by atoms with Crippen LogP contribution in [0.25, 0.3) is 0 Å².